The van der Waals surface area contributed by atoms with Crippen molar-refractivity contribution >= 4 is 27.7 Å². The molecule has 1 aliphatic rings. The van der Waals surface area contributed by atoms with Gasteiger partial charge >= 0.3 is 0 Å². The fraction of sp³-hybridized carbons (Fsp3) is 0.600. The predicted octanol–water partition coefficient (Wildman–Crippen LogP) is 2.10. The Hall–Kier alpha value is -0.890. The molecule has 0 aliphatic heterocycles. The number of tetrazole rings is 1. The highest BCUT2D eigenvalue weighted by Crippen LogP contribution is 2.37. The van der Waals surface area contributed by atoms with Crippen LogP contribution in [-0.2, 0) is 12.8 Å². The second kappa shape index (κ2) is 4.65. The molecule has 8 heteroatoms. The lowest BCUT2D eigenvalue weighted by Gasteiger charge is -2.03. The van der Waals surface area contributed by atoms with E-state index in [1.807, 2.05) is 23.3 Å². The molecule has 2 heterocycles. The molecule has 18 heavy (non-hydrogen) atoms. The molecule has 96 valence electrons. The summed E-state index contributed by atoms with van der Waals surface area (Å²) in [5.41, 5.74) is 2.16. The topological polar surface area (TPSA) is 61.4 Å². The molecule has 0 unspecified atom stereocenters. The third kappa shape index (κ3) is 2.18. The van der Waals surface area contributed by atoms with Gasteiger partial charge in [0, 0.05) is 12.8 Å². The van der Waals surface area contributed by atoms with Gasteiger partial charge in [-0.05, 0) is 46.1 Å². The number of nitrogens with zero attached hydrogens (tertiary/aromatic N) is 6. The Labute approximate surface area is 117 Å². The zero-order valence-corrected chi connectivity index (χ0v) is 12.6. The fourth-order valence-electron chi connectivity index (χ4n) is 1.80. The van der Waals surface area contributed by atoms with Gasteiger partial charge in [0.2, 0.25) is 5.16 Å². The minimum absolute atomic E-state index is 0.513. The SMILES string of the molecule is Cc1nn(C)c(CSc2nnnn2C2CC2)c1Br. The highest BCUT2D eigenvalue weighted by Gasteiger charge is 2.28. The monoisotopic (exact) mass is 328 g/mol. The minimum atomic E-state index is 0.513. The summed E-state index contributed by atoms with van der Waals surface area (Å²) >= 11 is 5.22. The molecule has 0 bridgehead atoms. The van der Waals surface area contributed by atoms with E-state index < -0.39 is 0 Å². The van der Waals surface area contributed by atoms with Gasteiger partial charge in [0.15, 0.2) is 0 Å². The number of aromatic nitrogens is 6. The van der Waals surface area contributed by atoms with E-state index in [1.54, 1.807) is 11.8 Å². The summed E-state index contributed by atoms with van der Waals surface area (Å²) in [5.74, 6) is 0.811. The molecule has 0 radical (unpaired) electrons. The smallest absolute Gasteiger partial charge is 0.209 e. The minimum Gasteiger partial charge on any atom is -0.270 e. The number of aryl methyl sites for hydroxylation is 2. The van der Waals surface area contributed by atoms with Gasteiger partial charge in [-0.1, -0.05) is 11.8 Å². The van der Waals surface area contributed by atoms with Crippen LogP contribution in [0.1, 0.15) is 30.3 Å². The van der Waals surface area contributed by atoms with Crippen LogP contribution in [0.2, 0.25) is 0 Å². The van der Waals surface area contributed by atoms with Crippen LogP contribution < -0.4 is 0 Å². The second-order valence-corrected chi connectivity index (χ2v) is 6.13. The Morgan fingerprint density at radius 3 is 2.83 bits per heavy atom. The molecule has 0 spiro atoms. The summed E-state index contributed by atoms with van der Waals surface area (Å²) in [7, 11) is 1.96. The van der Waals surface area contributed by atoms with Crippen molar-refractivity contribution in [3.63, 3.8) is 0 Å². The summed E-state index contributed by atoms with van der Waals surface area (Å²) in [6, 6.07) is 0.513. The van der Waals surface area contributed by atoms with Crippen LogP contribution in [0.5, 0.6) is 0 Å². The molecule has 6 nitrogen and oxygen atoms in total. The zero-order valence-electron chi connectivity index (χ0n) is 10.2. The van der Waals surface area contributed by atoms with Gasteiger partial charge in [-0.15, -0.1) is 5.10 Å². The molecular weight excluding hydrogens is 316 g/mol. The lowest BCUT2D eigenvalue weighted by atomic mass is 10.4. The Morgan fingerprint density at radius 2 is 2.22 bits per heavy atom. The molecule has 0 aromatic carbocycles. The lowest BCUT2D eigenvalue weighted by molar-refractivity contribution is 0.565. The first kappa shape index (κ1) is 12.2. The fourth-order valence-corrected chi connectivity index (χ4v) is 3.47. The summed E-state index contributed by atoms with van der Waals surface area (Å²) in [6.45, 7) is 1.99. The number of rotatable bonds is 4. The maximum atomic E-state index is 4.38. The van der Waals surface area contributed by atoms with Gasteiger partial charge in [-0.2, -0.15) is 5.10 Å². The van der Waals surface area contributed by atoms with E-state index in [9.17, 15) is 0 Å². The van der Waals surface area contributed by atoms with Crippen LogP contribution in [0, 0.1) is 6.92 Å². The van der Waals surface area contributed by atoms with Crippen LogP contribution in [0.25, 0.3) is 0 Å². The Morgan fingerprint density at radius 1 is 1.44 bits per heavy atom. The zero-order chi connectivity index (χ0) is 12.7. The second-order valence-electron chi connectivity index (χ2n) is 4.40. The predicted molar refractivity (Wildman–Crippen MR) is 71.3 cm³/mol. The van der Waals surface area contributed by atoms with Crippen molar-refractivity contribution in [3.8, 4) is 0 Å². The van der Waals surface area contributed by atoms with E-state index in [0.29, 0.717) is 6.04 Å². The highest BCUT2D eigenvalue weighted by atomic mass is 79.9. The largest absolute Gasteiger partial charge is 0.270 e. The lowest BCUT2D eigenvalue weighted by Crippen LogP contribution is -2.01. The van der Waals surface area contributed by atoms with E-state index in [-0.39, 0.29) is 0 Å². The van der Waals surface area contributed by atoms with E-state index in [4.69, 9.17) is 0 Å². The van der Waals surface area contributed by atoms with Gasteiger partial charge < -0.3 is 0 Å². The van der Waals surface area contributed by atoms with Crippen LogP contribution in [0.3, 0.4) is 0 Å². The van der Waals surface area contributed by atoms with Crippen molar-refractivity contribution in [1.29, 1.82) is 0 Å². The molecule has 0 atom stereocenters. The first-order valence-electron chi connectivity index (χ1n) is 5.75. The van der Waals surface area contributed by atoms with Crippen LogP contribution in [-0.4, -0.2) is 30.0 Å². The van der Waals surface area contributed by atoms with Crippen molar-refractivity contribution in [1.82, 2.24) is 30.0 Å². The molecule has 0 N–H and O–H groups in total. The summed E-state index contributed by atoms with van der Waals surface area (Å²) in [5, 5.41) is 17.1. The van der Waals surface area contributed by atoms with E-state index >= 15 is 0 Å². The van der Waals surface area contributed by atoms with Crippen molar-refractivity contribution in [2.45, 2.75) is 36.7 Å². The van der Waals surface area contributed by atoms with Crippen molar-refractivity contribution in [2.75, 3.05) is 0 Å². The maximum absolute atomic E-state index is 4.38. The van der Waals surface area contributed by atoms with Crippen molar-refractivity contribution < 1.29 is 0 Å². The van der Waals surface area contributed by atoms with Gasteiger partial charge in [0.05, 0.1) is 21.9 Å². The first-order valence-corrected chi connectivity index (χ1v) is 7.53. The van der Waals surface area contributed by atoms with E-state index in [1.165, 1.54) is 12.8 Å². The standard InChI is InChI=1S/C10H13BrN6S/c1-6-9(11)8(16(2)13-6)5-18-10-12-14-15-17(10)7-3-4-7/h7H,3-5H2,1-2H3. The number of thioether (sulfide) groups is 1. The summed E-state index contributed by atoms with van der Waals surface area (Å²) in [6.07, 6.45) is 2.38. The number of hydrogen-bond acceptors (Lipinski definition) is 5. The van der Waals surface area contributed by atoms with Gasteiger partial charge in [-0.25, -0.2) is 4.68 Å². The van der Waals surface area contributed by atoms with Gasteiger partial charge in [-0.3, -0.25) is 4.68 Å². The summed E-state index contributed by atoms with van der Waals surface area (Å²) in [4.78, 5) is 0. The van der Waals surface area contributed by atoms with Crippen LogP contribution in [0.15, 0.2) is 9.63 Å². The van der Waals surface area contributed by atoms with Gasteiger partial charge in [0.1, 0.15) is 0 Å². The molecule has 2 aromatic rings. The average Bonchev–Trinajstić information content (AvgIpc) is 3.03. The molecular formula is C10H13BrN6S. The van der Waals surface area contributed by atoms with Crippen LogP contribution in [0.4, 0.5) is 0 Å². The molecule has 1 aliphatic carbocycles. The highest BCUT2D eigenvalue weighted by molar-refractivity contribution is 9.10. The first-order chi connectivity index (χ1) is 8.66. The molecule has 0 saturated heterocycles. The quantitative estimate of drug-likeness (QED) is 0.804. The summed E-state index contributed by atoms with van der Waals surface area (Å²) < 4.78 is 4.90. The number of halogens is 1. The molecule has 1 fully saturated rings. The van der Waals surface area contributed by atoms with E-state index in [2.05, 4.69) is 36.6 Å². The number of hydrogen-bond donors (Lipinski definition) is 0. The van der Waals surface area contributed by atoms with Gasteiger partial charge in [0.25, 0.3) is 0 Å². The molecule has 2 aromatic heterocycles. The third-order valence-electron chi connectivity index (χ3n) is 2.95. The Bertz CT molecular complexity index is 573. The normalized spacial score (nSPS) is 15.3. The molecule has 0 amide bonds. The third-order valence-corrected chi connectivity index (χ3v) is 4.93. The van der Waals surface area contributed by atoms with E-state index in [0.717, 1.165) is 26.8 Å². The Kier molecular flexibility index (Phi) is 3.14. The molecule has 3 rings (SSSR count). The Balaban J connectivity index is 1.75. The average molecular weight is 329 g/mol. The molecule has 1 saturated carbocycles. The van der Waals surface area contributed by atoms with Crippen molar-refractivity contribution in [3.05, 3.63) is 15.9 Å². The maximum Gasteiger partial charge on any atom is 0.209 e. The van der Waals surface area contributed by atoms with Crippen molar-refractivity contribution in [2.24, 2.45) is 7.05 Å². The van der Waals surface area contributed by atoms with Crippen LogP contribution >= 0.6 is 27.7 Å².